The predicted octanol–water partition coefficient (Wildman–Crippen LogP) is 6.15. The summed E-state index contributed by atoms with van der Waals surface area (Å²) in [6, 6.07) is -0.745. The molecule has 1 saturated heterocycles. The molecule has 3 unspecified atom stereocenters. The lowest BCUT2D eigenvalue weighted by molar-refractivity contribution is -0.136. The number of halogens is 2. The topological polar surface area (TPSA) is 61.8 Å². The Hall–Kier alpha value is -2.09. The quantitative estimate of drug-likeness (QED) is 0.415. The van der Waals surface area contributed by atoms with Gasteiger partial charge in [0.1, 0.15) is 17.9 Å². The number of aliphatic hydroxyl groups is 1. The van der Waals surface area contributed by atoms with Crippen LogP contribution in [0.1, 0.15) is 79.1 Å². The van der Waals surface area contributed by atoms with Gasteiger partial charge in [0.2, 0.25) is 0 Å². The Labute approximate surface area is 220 Å². The van der Waals surface area contributed by atoms with Gasteiger partial charge < -0.3 is 9.84 Å². The summed E-state index contributed by atoms with van der Waals surface area (Å²) in [6.07, 6.45) is 12.7. The van der Waals surface area contributed by atoms with Crippen LogP contribution >= 0.6 is 0 Å². The van der Waals surface area contributed by atoms with Crippen molar-refractivity contribution in [2.75, 3.05) is 7.11 Å². The van der Waals surface area contributed by atoms with E-state index >= 15 is 0 Å². The third kappa shape index (κ3) is 5.55. The number of carbonyl (C=O) groups excluding carboxylic acids is 1. The fraction of sp³-hybridized carbons (Fsp3) is 0.633. The molecule has 0 amide bonds. The number of nitrogens with one attached hydrogen (secondary N) is 1. The lowest BCUT2D eigenvalue weighted by atomic mass is 9.67. The molecule has 2 N–H and O–H groups in total. The van der Waals surface area contributed by atoms with Gasteiger partial charge in [0, 0.05) is 18.0 Å². The van der Waals surface area contributed by atoms with Gasteiger partial charge in [-0.05, 0) is 80.6 Å². The Morgan fingerprint density at radius 3 is 2.54 bits per heavy atom. The van der Waals surface area contributed by atoms with Crippen LogP contribution in [0.3, 0.4) is 0 Å². The third-order valence-electron chi connectivity index (χ3n) is 9.39. The third-order valence-corrected chi connectivity index (χ3v) is 9.39. The van der Waals surface area contributed by atoms with E-state index in [2.05, 4.69) is 37.9 Å². The van der Waals surface area contributed by atoms with Crippen molar-refractivity contribution in [3.63, 3.8) is 0 Å². The number of hydrogen-bond donors (Lipinski definition) is 2. The standard InChI is InChI=1S/C30H42F2N2O3/c1-6-29(3,4)23-13-15-30(16-14-23)33-26(22-17-24(31)11-12-25(32)18-22)27(35)34(30)19(2)20-7-9-21(10-8-20)28(36)37-5/h7,9,11,17-19,23,26-27,33,35H,6,8,10,12-16H2,1-5H3. The molecule has 1 spiro atoms. The highest BCUT2D eigenvalue weighted by atomic mass is 19.1. The van der Waals surface area contributed by atoms with E-state index in [1.54, 1.807) is 0 Å². The first-order chi connectivity index (χ1) is 17.5. The first kappa shape index (κ1) is 27.9. The van der Waals surface area contributed by atoms with Crippen molar-refractivity contribution >= 4 is 5.97 Å². The average molecular weight is 517 g/mol. The molecule has 204 valence electrons. The molecule has 0 aromatic rings. The van der Waals surface area contributed by atoms with Crippen LogP contribution in [0.4, 0.5) is 8.78 Å². The summed E-state index contributed by atoms with van der Waals surface area (Å²) >= 11 is 0. The second-order valence-electron chi connectivity index (χ2n) is 11.7. The van der Waals surface area contributed by atoms with Gasteiger partial charge in [-0.15, -0.1) is 0 Å². The van der Waals surface area contributed by atoms with Crippen LogP contribution in [-0.4, -0.2) is 47.1 Å². The Bertz CT molecular complexity index is 1050. The molecule has 7 heteroatoms. The zero-order chi connectivity index (χ0) is 27.0. The minimum atomic E-state index is -0.959. The summed E-state index contributed by atoms with van der Waals surface area (Å²) in [7, 11) is 1.38. The summed E-state index contributed by atoms with van der Waals surface area (Å²) in [4.78, 5) is 14.1. The van der Waals surface area contributed by atoms with E-state index in [-0.39, 0.29) is 23.8 Å². The number of ether oxygens (including phenoxy) is 1. The van der Waals surface area contributed by atoms with E-state index in [1.165, 1.54) is 25.3 Å². The molecule has 1 saturated carbocycles. The molecule has 3 aliphatic carbocycles. The number of methoxy groups -OCH3 is 1. The van der Waals surface area contributed by atoms with E-state index in [1.807, 2.05) is 12.2 Å². The van der Waals surface area contributed by atoms with Crippen LogP contribution in [0.25, 0.3) is 0 Å². The largest absolute Gasteiger partial charge is 0.466 e. The lowest BCUT2D eigenvalue weighted by Crippen LogP contribution is -2.59. The maximum atomic E-state index is 14.4. The van der Waals surface area contributed by atoms with E-state index in [0.717, 1.165) is 37.7 Å². The minimum absolute atomic E-state index is 0.0879. The second-order valence-corrected chi connectivity index (χ2v) is 11.7. The molecule has 37 heavy (non-hydrogen) atoms. The average Bonchev–Trinajstić information content (AvgIpc) is 3.05. The highest BCUT2D eigenvalue weighted by Crippen LogP contribution is 2.49. The highest BCUT2D eigenvalue weighted by molar-refractivity contribution is 5.89. The van der Waals surface area contributed by atoms with Gasteiger partial charge in [-0.25, -0.2) is 13.6 Å². The molecule has 0 aromatic heterocycles. The van der Waals surface area contributed by atoms with Crippen molar-refractivity contribution in [3.8, 4) is 0 Å². The molecule has 5 nitrogen and oxygen atoms in total. The summed E-state index contributed by atoms with van der Waals surface area (Å²) < 4.78 is 33.7. The van der Waals surface area contributed by atoms with E-state index in [4.69, 9.17) is 4.74 Å². The van der Waals surface area contributed by atoms with Gasteiger partial charge in [0.05, 0.1) is 18.8 Å². The molecule has 1 aliphatic heterocycles. The second kappa shape index (κ2) is 11.0. The Balaban J connectivity index is 1.67. The minimum Gasteiger partial charge on any atom is -0.466 e. The van der Waals surface area contributed by atoms with E-state index in [0.29, 0.717) is 29.9 Å². The van der Waals surface area contributed by atoms with Crippen LogP contribution in [0.5, 0.6) is 0 Å². The molecule has 1 heterocycles. The summed E-state index contributed by atoms with van der Waals surface area (Å²) in [6.45, 7) is 8.97. The Morgan fingerprint density at radius 1 is 1.24 bits per heavy atom. The van der Waals surface area contributed by atoms with Gasteiger partial charge in [-0.2, -0.15) is 0 Å². The number of hydrogen-bond acceptors (Lipinski definition) is 5. The summed E-state index contributed by atoms with van der Waals surface area (Å²) in [5, 5.41) is 15.4. The maximum absolute atomic E-state index is 14.4. The Morgan fingerprint density at radius 2 is 1.95 bits per heavy atom. The van der Waals surface area contributed by atoms with Gasteiger partial charge in [-0.3, -0.25) is 10.2 Å². The smallest absolute Gasteiger partial charge is 0.333 e. The molecule has 4 rings (SSSR count). The molecule has 0 aromatic carbocycles. The maximum Gasteiger partial charge on any atom is 0.333 e. The first-order valence-electron chi connectivity index (χ1n) is 13.7. The van der Waals surface area contributed by atoms with Crippen molar-refractivity contribution < 1.29 is 23.4 Å². The van der Waals surface area contributed by atoms with Gasteiger partial charge in [0.15, 0.2) is 0 Å². The van der Waals surface area contributed by atoms with Gasteiger partial charge >= 0.3 is 5.97 Å². The van der Waals surface area contributed by atoms with Crippen molar-refractivity contribution in [2.24, 2.45) is 11.3 Å². The highest BCUT2D eigenvalue weighted by Gasteiger charge is 2.55. The fourth-order valence-corrected chi connectivity index (χ4v) is 6.63. The van der Waals surface area contributed by atoms with Crippen LogP contribution in [0.15, 0.2) is 58.8 Å². The molecule has 0 radical (unpaired) electrons. The SMILES string of the molecule is CCC(C)(C)C1CCC2(CC1)NC(C1=CC(F)=CCC(F)=C1)C(O)N2C(C)C1=CC=C(C(=O)OC)CC1. The Kier molecular flexibility index (Phi) is 8.27. The number of nitrogens with zero attached hydrogens (tertiary/aromatic N) is 1. The van der Waals surface area contributed by atoms with Crippen LogP contribution in [0.2, 0.25) is 0 Å². The van der Waals surface area contributed by atoms with Crippen molar-refractivity contribution in [3.05, 3.63) is 58.8 Å². The summed E-state index contributed by atoms with van der Waals surface area (Å²) in [5.41, 5.74) is 1.92. The molecule has 0 bridgehead atoms. The van der Waals surface area contributed by atoms with Gasteiger partial charge in [-0.1, -0.05) is 44.9 Å². The fourth-order valence-electron chi connectivity index (χ4n) is 6.63. The normalized spacial score (nSPS) is 32.1. The number of esters is 1. The van der Waals surface area contributed by atoms with Gasteiger partial charge in [0.25, 0.3) is 0 Å². The molecular weight excluding hydrogens is 474 g/mol. The van der Waals surface area contributed by atoms with Crippen molar-refractivity contribution in [1.29, 1.82) is 0 Å². The number of allylic oxidation sites excluding steroid dienone is 6. The zero-order valence-corrected chi connectivity index (χ0v) is 22.8. The molecule has 3 atom stereocenters. The monoisotopic (exact) mass is 516 g/mol. The molecule has 4 aliphatic rings. The predicted molar refractivity (Wildman–Crippen MR) is 141 cm³/mol. The number of aliphatic hydroxyl groups excluding tert-OH is 1. The molecule has 2 fully saturated rings. The van der Waals surface area contributed by atoms with Crippen molar-refractivity contribution in [1.82, 2.24) is 10.2 Å². The number of carbonyl (C=O) groups is 1. The lowest BCUT2D eigenvalue weighted by Gasteiger charge is -2.49. The van der Waals surface area contributed by atoms with E-state index in [9.17, 15) is 18.7 Å². The van der Waals surface area contributed by atoms with Crippen LogP contribution in [-0.2, 0) is 9.53 Å². The number of rotatable bonds is 6. The van der Waals surface area contributed by atoms with E-state index < -0.39 is 29.6 Å². The first-order valence-corrected chi connectivity index (χ1v) is 13.7. The van der Waals surface area contributed by atoms with Crippen LogP contribution in [0, 0.1) is 11.3 Å². The zero-order valence-electron chi connectivity index (χ0n) is 22.8. The van der Waals surface area contributed by atoms with Crippen LogP contribution < -0.4 is 5.32 Å². The summed E-state index contributed by atoms with van der Waals surface area (Å²) in [5.74, 6) is -0.648. The van der Waals surface area contributed by atoms with Crippen molar-refractivity contribution in [2.45, 2.75) is 103 Å². The molecular formula is C30H42F2N2O3.